The molecule has 13 heteroatoms. The molecule has 204 valence electrons. The van der Waals surface area contributed by atoms with Crippen LogP contribution in [0.5, 0.6) is 5.75 Å². The number of hydrogen-bond donors (Lipinski definition) is 2. The molecule has 0 aliphatic carbocycles. The third kappa shape index (κ3) is 5.88. The number of aliphatic imine (C=N–C) groups is 1. The fourth-order valence-corrected chi connectivity index (χ4v) is 5.42. The van der Waals surface area contributed by atoms with Crippen LogP contribution in [0.15, 0.2) is 59.0 Å². The zero-order chi connectivity index (χ0) is 27.6. The van der Waals surface area contributed by atoms with E-state index in [1.807, 2.05) is 19.9 Å². The van der Waals surface area contributed by atoms with Gasteiger partial charge in [-0.1, -0.05) is 18.2 Å². The second-order valence-electron chi connectivity index (χ2n) is 9.67. The largest absolute Gasteiger partial charge is 0.465 e. The van der Waals surface area contributed by atoms with E-state index in [2.05, 4.69) is 25.3 Å². The van der Waals surface area contributed by atoms with Gasteiger partial charge in [0, 0.05) is 16.9 Å². The van der Waals surface area contributed by atoms with Crippen molar-refractivity contribution in [2.45, 2.75) is 38.0 Å². The van der Waals surface area contributed by atoms with Gasteiger partial charge in [0.15, 0.2) is 0 Å². The van der Waals surface area contributed by atoms with Crippen LogP contribution >= 0.6 is 11.3 Å². The zero-order valence-corrected chi connectivity index (χ0v) is 21.8. The number of halogens is 2. The molecule has 2 N–H and O–H groups in total. The van der Waals surface area contributed by atoms with Gasteiger partial charge in [-0.2, -0.15) is 8.78 Å². The number of benzene rings is 1. The second-order valence-corrected chi connectivity index (χ2v) is 10.5. The summed E-state index contributed by atoms with van der Waals surface area (Å²) in [5.41, 5.74) is -0.881. The molecule has 0 saturated carbocycles. The number of alkyl halides is 2. The van der Waals surface area contributed by atoms with Gasteiger partial charge in [0.2, 0.25) is 0 Å². The van der Waals surface area contributed by atoms with E-state index in [0.29, 0.717) is 23.6 Å². The number of pyridine rings is 1. The molecule has 2 aliphatic heterocycles. The number of nitrogens with zero attached hydrogens (tertiary/aromatic N) is 3. The molecule has 4 heterocycles. The molecule has 10 nitrogen and oxygen atoms in total. The summed E-state index contributed by atoms with van der Waals surface area (Å²) in [6.45, 7) is 1.49. The number of amidine groups is 1. The molecular weight excluding hydrogens is 532 g/mol. The van der Waals surface area contributed by atoms with Crippen molar-refractivity contribution >= 4 is 35.0 Å². The summed E-state index contributed by atoms with van der Waals surface area (Å²) in [7, 11) is 0. The highest BCUT2D eigenvalue weighted by atomic mass is 32.1. The Kier molecular flexibility index (Phi) is 7.28. The first-order valence-electron chi connectivity index (χ1n) is 12.0. The van der Waals surface area contributed by atoms with E-state index in [9.17, 15) is 18.4 Å². The maximum absolute atomic E-state index is 12.7. The van der Waals surface area contributed by atoms with Crippen LogP contribution in [-0.4, -0.2) is 53.2 Å². The van der Waals surface area contributed by atoms with Crippen molar-refractivity contribution in [2.75, 3.05) is 18.5 Å². The Bertz CT molecular complexity index is 1380. The molecule has 2 atom stereocenters. The number of ether oxygens (including phenoxy) is 3. The molecule has 39 heavy (non-hydrogen) atoms. The van der Waals surface area contributed by atoms with Crippen LogP contribution in [0.25, 0.3) is 0 Å². The van der Waals surface area contributed by atoms with Gasteiger partial charge >= 0.3 is 6.61 Å². The lowest BCUT2D eigenvalue weighted by molar-refractivity contribution is -0.128. The van der Waals surface area contributed by atoms with E-state index >= 15 is 0 Å². The van der Waals surface area contributed by atoms with Crippen LogP contribution in [-0.2, 0) is 15.0 Å². The van der Waals surface area contributed by atoms with Gasteiger partial charge in [-0.15, -0.1) is 11.3 Å². The van der Waals surface area contributed by atoms with Crippen molar-refractivity contribution in [2.24, 2.45) is 10.9 Å². The summed E-state index contributed by atoms with van der Waals surface area (Å²) < 4.78 is 41.0. The van der Waals surface area contributed by atoms with Gasteiger partial charge in [0.1, 0.15) is 27.8 Å². The monoisotopic (exact) mass is 557 g/mol. The Morgan fingerprint density at radius 3 is 2.64 bits per heavy atom. The smallest absolute Gasteiger partial charge is 0.387 e. The number of fused-ring (bicyclic) bond motifs is 1. The van der Waals surface area contributed by atoms with Gasteiger partial charge in [0.05, 0.1) is 25.0 Å². The van der Waals surface area contributed by atoms with E-state index in [-0.39, 0.29) is 41.7 Å². The molecule has 1 aromatic carbocycles. The highest BCUT2D eigenvalue weighted by Crippen LogP contribution is 2.47. The van der Waals surface area contributed by atoms with Gasteiger partial charge < -0.3 is 19.5 Å². The maximum atomic E-state index is 12.7. The molecule has 0 spiro atoms. The zero-order valence-electron chi connectivity index (χ0n) is 21.0. The van der Waals surface area contributed by atoms with Crippen molar-refractivity contribution in [3.8, 4) is 5.75 Å². The minimum atomic E-state index is -2.99. The van der Waals surface area contributed by atoms with E-state index in [1.165, 1.54) is 23.5 Å². The Morgan fingerprint density at radius 1 is 1.13 bits per heavy atom. The number of aromatic nitrogens is 2. The fourth-order valence-electron chi connectivity index (χ4n) is 4.46. The normalized spacial score (nSPS) is 21.8. The van der Waals surface area contributed by atoms with Crippen molar-refractivity contribution in [3.63, 3.8) is 0 Å². The van der Waals surface area contributed by atoms with E-state index in [4.69, 9.17) is 14.5 Å². The lowest BCUT2D eigenvalue weighted by Gasteiger charge is -2.47. The first-order valence-corrected chi connectivity index (χ1v) is 12.9. The van der Waals surface area contributed by atoms with Gasteiger partial charge in [-0.25, -0.2) is 15.0 Å². The van der Waals surface area contributed by atoms with Gasteiger partial charge in [-0.3, -0.25) is 14.9 Å². The predicted molar refractivity (Wildman–Crippen MR) is 138 cm³/mol. The van der Waals surface area contributed by atoms with Gasteiger partial charge in [0.25, 0.3) is 17.8 Å². The molecule has 2 aromatic heterocycles. The third-order valence-electron chi connectivity index (χ3n) is 6.39. The molecule has 2 amide bonds. The number of nitrogens with one attached hydrogen (secondary N) is 2. The molecule has 3 aromatic rings. The molecule has 2 aliphatic rings. The SMILES string of the molecule is CC1(C)C[C@H]2COC(NC(=O)c3ccccc3)=N[C@@]2(c2nc(NC(=O)c3ccc(OC(F)F)cn3)cs2)CO1. The topological polar surface area (TPSA) is 124 Å². The summed E-state index contributed by atoms with van der Waals surface area (Å²) in [4.78, 5) is 38.7. The van der Waals surface area contributed by atoms with Crippen molar-refractivity contribution in [3.05, 3.63) is 70.3 Å². The molecule has 0 radical (unpaired) electrons. The first kappa shape index (κ1) is 26.6. The Labute approximate surface area is 226 Å². The predicted octanol–water partition coefficient (Wildman–Crippen LogP) is 4.22. The number of rotatable bonds is 6. The van der Waals surface area contributed by atoms with E-state index in [0.717, 1.165) is 6.20 Å². The second kappa shape index (κ2) is 10.7. The molecule has 0 unspecified atom stereocenters. The quantitative estimate of drug-likeness (QED) is 0.465. The average Bonchev–Trinajstić information content (AvgIpc) is 3.38. The summed E-state index contributed by atoms with van der Waals surface area (Å²) in [5.74, 6) is -0.918. The van der Waals surface area contributed by atoms with Crippen molar-refractivity contribution in [1.29, 1.82) is 0 Å². The number of carbonyl (C=O) groups excluding carboxylic acids is 2. The Balaban J connectivity index is 1.37. The number of hydrogen-bond acceptors (Lipinski definition) is 9. The number of amides is 2. The summed E-state index contributed by atoms with van der Waals surface area (Å²) in [6.07, 6.45) is 1.68. The van der Waals surface area contributed by atoms with E-state index in [1.54, 1.807) is 29.6 Å². The molecule has 1 fully saturated rings. The van der Waals surface area contributed by atoms with Crippen molar-refractivity contribution in [1.82, 2.24) is 15.3 Å². The van der Waals surface area contributed by atoms with Crippen LogP contribution < -0.4 is 15.4 Å². The minimum Gasteiger partial charge on any atom is -0.465 e. The number of carbonyl (C=O) groups is 2. The van der Waals surface area contributed by atoms with Crippen molar-refractivity contribution < 1.29 is 32.6 Å². The Hall–Kier alpha value is -3.97. The van der Waals surface area contributed by atoms with Gasteiger partial charge in [-0.05, 0) is 44.5 Å². The highest BCUT2D eigenvalue weighted by molar-refractivity contribution is 7.10. The third-order valence-corrected chi connectivity index (χ3v) is 7.39. The van der Waals surface area contributed by atoms with Crippen LogP contribution in [0.1, 0.15) is 46.1 Å². The van der Waals surface area contributed by atoms with E-state index < -0.39 is 23.7 Å². The highest BCUT2D eigenvalue weighted by Gasteiger charge is 2.53. The summed E-state index contributed by atoms with van der Waals surface area (Å²) >= 11 is 1.29. The minimum absolute atomic E-state index is 0.0000433. The lowest BCUT2D eigenvalue weighted by atomic mass is 9.76. The van der Waals surface area contributed by atoms with Crippen LogP contribution in [0.4, 0.5) is 14.6 Å². The fraction of sp³-hybridized carbons (Fsp3) is 0.346. The summed E-state index contributed by atoms with van der Waals surface area (Å²) in [5, 5.41) is 7.66. The summed E-state index contributed by atoms with van der Waals surface area (Å²) in [6, 6.07) is 11.3. The Morgan fingerprint density at radius 2 is 1.92 bits per heavy atom. The van der Waals surface area contributed by atoms with Crippen LogP contribution in [0, 0.1) is 5.92 Å². The molecule has 1 saturated heterocycles. The molecule has 5 rings (SSSR count). The molecule has 0 bridgehead atoms. The van der Waals surface area contributed by atoms with Crippen LogP contribution in [0.3, 0.4) is 0 Å². The number of anilines is 1. The average molecular weight is 558 g/mol. The number of thiazole rings is 1. The lowest BCUT2D eigenvalue weighted by Crippen LogP contribution is -2.55. The first-order chi connectivity index (χ1) is 18.6. The maximum Gasteiger partial charge on any atom is 0.387 e. The molecular formula is C26H25F2N5O5S. The van der Waals surface area contributed by atoms with Crippen LogP contribution in [0.2, 0.25) is 0 Å². The standard InChI is InChI=1S/C26H25F2N5O5S/c1-25(2)10-16-12-36-24(32-20(34)15-6-4-3-5-7-15)33-26(16,14-37-25)22-31-19(13-39-22)30-21(35)18-9-8-17(11-29-18)38-23(27)28/h3-9,11,13,16,23H,10,12,14H2,1-2H3,(H,30,35)(H,32,33,34)/t16-,26-/m0/s1.